The largest absolute Gasteiger partial charge is 1.00 e. The molecule has 20 atom stereocenters. The molecular weight excluding hydrogens is 647 g/mol. The van der Waals surface area contributed by atoms with Crippen molar-refractivity contribution < 1.29 is 136 Å². The van der Waals surface area contributed by atoms with Gasteiger partial charge in [-0.05, 0) is 0 Å². The Balaban J connectivity index is 0.00000384. The molecule has 0 aromatic heterocycles. The van der Waals surface area contributed by atoms with Crippen LogP contribution in [-0.2, 0) is 33.2 Å². The Labute approximate surface area is 284 Å². The summed E-state index contributed by atoms with van der Waals surface area (Å²) >= 11 is 0. The fourth-order valence-corrected chi connectivity index (χ4v) is 5.55. The second-order valence-corrected chi connectivity index (χ2v) is 11.1. The average molecular weight is 691 g/mol. The van der Waals surface area contributed by atoms with Gasteiger partial charge in [0.25, 0.3) is 0 Å². The standard InChI is InChI=1S/C24H42O21.Na.H/c25-1-5-9(29)10(30)15(35)22(40-5)44-19-7(3-27)42-24(17(37)12(19)32)45-20-8(4-28)41-23(16(36)13(20)33)43-18-6(2-26)39-21(38)14(34)11(18)31;;/h5-38H,1-4H2;;/q;+1;-1/t5-,6-,7-,8-,9-,10+,11-,12-,13-,14-,15-,16-,17-,18-,19-,20-,21+,22-,23-,24-;;/m1../s1. The monoisotopic (exact) mass is 690 g/mol. The van der Waals surface area contributed by atoms with Crippen molar-refractivity contribution in [3.63, 3.8) is 0 Å². The van der Waals surface area contributed by atoms with Gasteiger partial charge in [-0.15, -0.1) is 0 Å². The Kier molecular flexibility index (Phi) is 15.3. The molecule has 4 saturated heterocycles. The van der Waals surface area contributed by atoms with E-state index in [0.29, 0.717) is 0 Å². The first kappa shape index (κ1) is 40.6. The fraction of sp³-hybridized carbons (Fsp3) is 1.00. The third-order valence-corrected chi connectivity index (χ3v) is 8.20. The zero-order valence-corrected chi connectivity index (χ0v) is 26.5. The van der Waals surface area contributed by atoms with Crippen molar-refractivity contribution in [2.24, 2.45) is 0 Å². The Morgan fingerprint density at radius 1 is 0.370 bits per heavy atom. The molecule has 4 aliphatic rings. The van der Waals surface area contributed by atoms with E-state index >= 15 is 0 Å². The van der Waals surface area contributed by atoms with Crippen LogP contribution in [0.4, 0.5) is 0 Å². The number of hydrogen-bond acceptors (Lipinski definition) is 21. The average Bonchev–Trinajstić information content (AvgIpc) is 3.03. The Bertz CT molecular complexity index is 924. The number of aliphatic hydroxyl groups excluding tert-OH is 14. The SMILES string of the molecule is OC[C@H]1O[C@H](O[C@H]2[C@H](O)[C@@H](O)[C@@H](O[C@H]3[C@H](O)[C@@H](O)[C@@H](O[C@H]4[C@H](O)[C@@H](O)[C@@H](O)O[C@@H]4CO)O[C@@H]3CO)O[C@@H]2CO)[C@H](O)[C@@H](O)[C@@H]1O.[H-].[Na+]. The molecule has 46 heavy (non-hydrogen) atoms. The predicted molar refractivity (Wildman–Crippen MR) is 135 cm³/mol. The maximum atomic E-state index is 10.9. The van der Waals surface area contributed by atoms with E-state index in [1.54, 1.807) is 0 Å². The van der Waals surface area contributed by atoms with Crippen molar-refractivity contribution in [2.75, 3.05) is 26.4 Å². The molecular formula is C24H43NaO21. The zero-order chi connectivity index (χ0) is 33.3. The molecule has 0 amide bonds. The molecule has 14 N–H and O–H groups in total. The van der Waals surface area contributed by atoms with Gasteiger partial charge in [0.05, 0.1) is 26.4 Å². The van der Waals surface area contributed by atoms with Crippen LogP contribution < -0.4 is 29.6 Å². The molecule has 0 saturated carbocycles. The summed E-state index contributed by atoms with van der Waals surface area (Å²) in [6, 6.07) is 0. The number of aliphatic hydroxyl groups is 14. The predicted octanol–water partition coefficient (Wildman–Crippen LogP) is -12.6. The van der Waals surface area contributed by atoms with E-state index in [1.165, 1.54) is 0 Å². The van der Waals surface area contributed by atoms with E-state index in [1.807, 2.05) is 0 Å². The van der Waals surface area contributed by atoms with Crippen LogP contribution in [0.25, 0.3) is 0 Å². The molecule has 266 valence electrons. The molecule has 21 nitrogen and oxygen atoms in total. The summed E-state index contributed by atoms with van der Waals surface area (Å²) in [5.74, 6) is 0. The van der Waals surface area contributed by atoms with Crippen LogP contribution in [0.15, 0.2) is 0 Å². The molecule has 4 heterocycles. The fourth-order valence-electron chi connectivity index (χ4n) is 5.55. The number of ether oxygens (including phenoxy) is 7. The molecule has 0 aromatic rings. The quantitative estimate of drug-likeness (QED) is 0.0946. The van der Waals surface area contributed by atoms with Gasteiger partial charge in [0, 0.05) is 0 Å². The molecule has 0 spiro atoms. The third-order valence-electron chi connectivity index (χ3n) is 8.20. The molecule has 0 unspecified atom stereocenters. The van der Waals surface area contributed by atoms with E-state index in [9.17, 15) is 71.5 Å². The van der Waals surface area contributed by atoms with Crippen LogP contribution in [0.5, 0.6) is 0 Å². The molecule has 4 rings (SSSR count). The Morgan fingerprint density at radius 2 is 0.674 bits per heavy atom. The van der Waals surface area contributed by atoms with Gasteiger partial charge in [0.2, 0.25) is 0 Å². The van der Waals surface area contributed by atoms with Gasteiger partial charge in [-0.1, -0.05) is 0 Å². The van der Waals surface area contributed by atoms with Gasteiger partial charge in [0.1, 0.15) is 97.7 Å². The van der Waals surface area contributed by atoms with Crippen molar-refractivity contribution in [2.45, 2.75) is 123 Å². The van der Waals surface area contributed by atoms with Crippen molar-refractivity contribution in [3.05, 3.63) is 0 Å². The molecule has 0 radical (unpaired) electrons. The summed E-state index contributed by atoms with van der Waals surface area (Å²) < 4.78 is 37.7. The van der Waals surface area contributed by atoms with Gasteiger partial charge in [-0.25, -0.2) is 0 Å². The summed E-state index contributed by atoms with van der Waals surface area (Å²) in [6.45, 7) is -3.39. The second-order valence-electron chi connectivity index (χ2n) is 11.1. The molecule has 0 aliphatic carbocycles. The minimum absolute atomic E-state index is 0. The normalized spacial score (nSPS) is 51.8. The summed E-state index contributed by atoms with van der Waals surface area (Å²) in [5.41, 5.74) is 0. The van der Waals surface area contributed by atoms with Crippen molar-refractivity contribution >= 4 is 0 Å². The number of rotatable bonds is 10. The van der Waals surface area contributed by atoms with Crippen LogP contribution in [0.3, 0.4) is 0 Å². The van der Waals surface area contributed by atoms with Gasteiger partial charge in [0.15, 0.2) is 25.2 Å². The van der Waals surface area contributed by atoms with E-state index in [-0.39, 0.29) is 31.0 Å². The third kappa shape index (κ3) is 8.20. The van der Waals surface area contributed by atoms with Gasteiger partial charge >= 0.3 is 29.6 Å². The van der Waals surface area contributed by atoms with E-state index in [4.69, 9.17) is 33.2 Å². The smallest absolute Gasteiger partial charge is 1.00 e. The van der Waals surface area contributed by atoms with Gasteiger partial charge in [-0.3, -0.25) is 0 Å². The summed E-state index contributed by atoms with van der Waals surface area (Å²) in [5, 5.41) is 142. The minimum Gasteiger partial charge on any atom is -1.00 e. The second kappa shape index (κ2) is 17.4. The van der Waals surface area contributed by atoms with Crippen molar-refractivity contribution in [1.82, 2.24) is 0 Å². The first-order valence-electron chi connectivity index (χ1n) is 14.1. The Hall–Kier alpha value is 0.160. The van der Waals surface area contributed by atoms with Crippen LogP contribution >= 0.6 is 0 Å². The van der Waals surface area contributed by atoms with E-state index in [0.717, 1.165) is 0 Å². The topological polar surface area (TPSA) is 348 Å². The van der Waals surface area contributed by atoms with Crippen LogP contribution in [-0.4, -0.2) is 221 Å². The van der Waals surface area contributed by atoms with Crippen LogP contribution in [0.1, 0.15) is 1.43 Å². The molecule has 22 heteroatoms. The van der Waals surface area contributed by atoms with Crippen LogP contribution in [0.2, 0.25) is 0 Å². The first-order valence-corrected chi connectivity index (χ1v) is 14.1. The van der Waals surface area contributed by atoms with Crippen molar-refractivity contribution in [3.8, 4) is 0 Å². The molecule has 0 bridgehead atoms. The Morgan fingerprint density at radius 3 is 1.04 bits per heavy atom. The molecule has 4 fully saturated rings. The van der Waals surface area contributed by atoms with Gasteiger partial charge < -0.3 is 106 Å². The van der Waals surface area contributed by atoms with Crippen molar-refractivity contribution in [1.29, 1.82) is 0 Å². The first-order chi connectivity index (χ1) is 21.3. The van der Waals surface area contributed by atoms with Gasteiger partial charge in [-0.2, -0.15) is 0 Å². The zero-order valence-electron chi connectivity index (χ0n) is 25.5. The summed E-state index contributed by atoms with van der Waals surface area (Å²) in [4.78, 5) is 0. The maximum Gasteiger partial charge on any atom is 1.00 e. The maximum absolute atomic E-state index is 10.9. The summed E-state index contributed by atoms with van der Waals surface area (Å²) in [7, 11) is 0. The minimum atomic E-state index is -2.02. The number of hydrogen-bond donors (Lipinski definition) is 14. The van der Waals surface area contributed by atoms with E-state index in [2.05, 4.69) is 0 Å². The molecule has 0 aromatic carbocycles. The van der Waals surface area contributed by atoms with E-state index < -0.39 is 149 Å². The van der Waals surface area contributed by atoms with Crippen LogP contribution in [0, 0.1) is 0 Å². The molecule has 4 aliphatic heterocycles. The summed E-state index contributed by atoms with van der Waals surface area (Å²) in [6.07, 6.45) is -35.3.